The summed E-state index contributed by atoms with van der Waals surface area (Å²) in [4.78, 5) is 0. The summed E-state index contributed by atoms with van der Waals surface area (Å²) in [6.07, 6.45) is -4.62. The summed E-state index contributed by atoms with van der Waals surface area (Å²) in [6, 6.07) is 1.18. The van der Waals surface area contributed by atoms with E-state index in [9.17, 15) is 17.6 Å². The predicted octanol–water partition coefficient (Wildman–Crippen LogP) is 3.41. The van der Waals surface area contributed by atoms with Crippen molar-refractivity contribution >= 4 is 35.0 Å². The summed E-state index contributed by atoms with van der Waals surface area (Å²) in [5, 5.41) is 0. The van der Waals surface area contributed by atoms with E-state index in [4.69, 9.17) is 5.73 Å². The van der Waals surface area contributed by atoms with Crippen molar-refractivity contribution in [3.63, 3.8) is 0 Å². The van der Waals surface area contributed by atoms with Crippen molar-refractivity contribution in [3.8, 4) is 0 Å². The zero-order valence-electron chi connectivity index (χ0n) is 7.18. The number of rotatable bonds is 1. The van der Waals surface area contributed by atoms with Crippen molar-refractivity contribution in [1.82, 2.24) is 0 Å². The highest BCUT2D eigenvalue weighted by Crippen LogP contribution is 2.32. The highest BCUT2D eigenvalue weighted by molar-refractivity contribution is 14.1. The van der Waals surface area contributed by atoms with Crippen molar-refractivity contribution in [2.45, 2.75) is 12.2 Å². The molecule has 0 aliphatic carbocycles. The lowest BCUT2D eigenvalue weighted by atomic mass is 10.1. The van der Waals surface area contributed by atoms with E-state index in [0.29, 0.717) is 3.57 Å². The fraction of sp³-hybridized carbons (Fsp3) is 0.250. The van der Waals surface area contributed by atoms with Gasteiger partial charge in [0.1, 0.15) is 11.9 Å². The second-order valence-electron chi connectivity index (χ2n) is 2.69. The van der Waals surface area contributed by atoms with E-state index in [1.54, 1.807) is 22.6 Å². The first-order valence-corrected chi connectivity index (χ1v) is 4.67. The zero-order chi connectivity index (χ0) is 10.9. The van der Waals surface area contributed by atoms with Gasteiger partial charge in [-0.2, -0.15) is 13.2 Å². The average molecular weight is 356 g/mol. The van der Waals surface area contributed by atoms with Gasteiger partial charge in [-0.1, -0.05) is 0 Å². The molecule has 1 atom stereocenters. The summed E-state index contributed by atoms with van der Waals surface area (Å²) in [5.41, 5.74) is 4.35. The van der Waals surface area contributed by atoms with Crippen LogP contribution >= 0.6 is 35.0 Å². The predicted molar refractivity (Wildman–Crippen MR) is 59.3 cm³/mol. The Labute approximate surface area is 104 Å². The van der Waals surface area contributed by atoms with E-state index in [2.05, 4.69) is 0 Å². The highest BCUT2D eigenvalue weighted by Gasteiger charge is 2.39. The first-order chi connectivity index (χ1) is 6.32. The molecule has 0 fully saturated rings. The monoisotopic (exact) mass is 355 g/mol. The van der Waals surface area contributed by atoms with E-state index in [-0.39, 0.29) is 12.4 Å². The molecule has 15 heavy (non-hydrogen) atoms. The molecule has 7 heteroatoms. The van der Waals surface area contributed by atoms with E-state index >= 15 is 0 Å². The van der Waals surface area contributed by atoms with Crippen LogP contribution in [0.3, 0.4) is 0 Å². The maximum Gasteiger partial charge on any atom is 0.407 e. The molecule has 0 aromatic heterocycles. The third-order valence-corrected chi connectivity index (χ3v) is 2.32. The van der Waals surface area contributed by atoms with Gasteiger partial charge in [-0.05, 0) is 40.8 Å². The Bertz CT molecular complexity index is 342. The number of hydrogen-bond donors (Lipinski definition) is 1. The molecular formula is C8H7ClF4IN. The number of alkyl halides is 3. The molecule has 0 aliphatic heterocycles. The Hall–Kier alpha value is -0.0800. The van der Waals surface area contributed by atoms with Crippen molar-refractivity contribution in [2.24, 2.45) is 5.73 Å². The standard InChI is InChI=1S/C8H6F4IN.ClH/c9-6-2-1-4(13)3-5(6)7(14)8(10,11)12;/h1-3,7H,14H2;1H/t7-;/m1./s1. The maximum absolute atomic E-state index is 13.0. The van der Waals surface area contributed by atoms with Crippen molar-refractivity contribution in [2.75, 3.05) is 0 Å². The minimum Gasteiger partial charge on any atom is -0.316 e. The van der Waals surface area contributed by atoms with Crippen LogP contribution in [-0.2, 0) is 0 Å². The number of nitrogens with two attached hydrogens (primary N) is 1. The molecule has 1 aromatic rings. The van der Waals surface area contributed by atoms with Crippen LogP contribution in [0.4, 0.5) is 17.6 Å². The van der Waals surface area contributed by atoms with Gasteiger partial charge in [-0.25, -0.2) is 4.39 Å². The van der Waals surface area contributed by atoms with E-state index in [0.717, 1.165) is 12.1 Å². The van der Waals surface area contributed by atoms with Gasteiger partial charge in [0.2, 0.25) is 0 Å². The zero-order valence-corrected chi connectivity index (χ0v) is 10.2. The summed E-state index contributed by atoms with van der Waals surface area (Å²) >= 11 is 1.79. The van der Waals surface area contributed by atoms with Gasteiger partial charge in [-0.15, -0.1) is 12.4 Å². The molecule has 1 aromatic carbocycles. The van der Waals surface area contributed by atoms with Crippen LogP contribution in [0.1, 0.15) is 11.6 Å². The average Bonchev–Trinajstić information content (AvgIpc) is 2.06. The van der Waals surface area contributed by atoms with Crippen LogP contribution in [-0.4, -0.2) is 6.18 Å². The fourth-order valence-corrected chi connectivity index (χ4v) is 1.44. The number of hydrogen-bond acceptors (Lipinski definition) is 1. The Morgan fingerprint density at radius 2 is 1.80 bits per heavy atom. The van der Waals surface area contributed by atoms with Gasteiger partial charge in [0.05, 0.1) is 0 Å². The second-order valence-corrected chi connectivity index (χ2v) is 3.93. The van der Waals surface area contributed by atoms with E-state index in [1.165, 1.54) is 6.07 Å². The van der Waals surface area contributed by atoms with Crippen LogP contribution in [0.15, 0.2) is 18.2 Å². The Balaban J connectivity index is 0.00000196. The molecule has 1 rings (SSSR count). The van der Waals surface area contributed by atoms with E-state index in [1.807, 2.05) is 0 Å². The Morgan fingerprint density at radius 3 is 2.27 bits per heavy atom. The topological polar surface area (TPSA) is 26.0 Å². The van der Waals surface area contributed by atoms with Crippen molar-refractivity contribution in [1.29, 1.82) is 0 Å². The molecular weight excluding hydrogens is 348 g/mol. The third kappa shape index (κ3) is 3.76. The molecule has 0 heterocycles. The number of benzene rings is 1. The SMILES string of the molecule is Cl.N[C@H](c1cc(I)ccc1F)C(F)(F)F. The maximum atomic E-state index is 13.0. The normalized spacial score (nSPS) is 13.2. The molecule has 0 radical (unpaired) electrons. The summed E-state index contributed by atoms with van der Waals surface area (Å²) < 4.78 is 49.9. The van der Waals surface area contributed by atoms with Gasteiger partial charge in [0, 0.05) is 9.13 Å². The fourth-order valence-electron chi connectivity index (χ4n) is 0.929. The second kappa shape index (κ2) is 5.31. The van der Waals surface area contributed by atoms with Gasteiger partial charge < -0.3 is 5.73 Å². The molecule has 86 valence electrons. The van der Waals surface area contributed by atoms with Gasteiger partial charge >= 0.3 is 6.18 Å². The smallest absolute Gasteiger partial charge is 0.316 e. The minimum atomic E-state index is -4.62. The minimum absolute atomic E-state index is 0. The van der Waals surface area contributed by atoms with Gasteiger partial charge in [-0.3, -0.25) is 0 Å². The molecule has 0 saturated heterocycles. The molecule has 0 aliphatic rings. The molecule has 2 N–H and O–H groups in total. The largest absolute Gasteiger partial charge is 0.407 e. The molecule has 0 bridgehead atoms. The number of halogens is 6. The van der Waals surface area contributed by atoms with Crippen LogP contribution in [0, 0.1) is 9.39 Å². The summed E-state index contributed by atoms with van der Waals surface area (Å²) in [7, 11) is 0. The molecule has 1 nitrogen and oxygen atoms in total. The van der Waals surface area contributed by atoms with Gasteiger partial charge in [0.15, 0.2) is 0 Å². The van der Waals surface area contributed by atoms with Crippen LogP contribution in [0.25, 0.3) is 0 Å². The summed E-state index contributed by atoms with van der Waals surface area (Å²) in [6.45, 7) is 0. The van der Waals surface area contributed by atoms with Crippen molar-refractivity contribution < 1.29 is 17.6 Å². The quantitative estimate of drug-likeness (QED) is 0.606. The lowest BCUT2D eigenvalue weighted by molar-refractivity contribution is -0.149. The molecule has 0 spiro atoms. The van der Waals surface area contributed by atoms with Crippen LogP contribution in [0.2, 0.25) is 0 Å². The van der Waals surface area contributed by atoms with Crippen LogP contribution < -0.4 is 5.73 Å². The first-order valence-electron chi connectivity index (χ1n) is 3.59. The molecule has 0 saturated carbocycles. The first kappa shape index (κ1) is 14.9. The Kier molecular flexibility index (Phi) is 5.28. The van der Waals surface area contributed by atoms with Crippen molar-refractivity contribution in [3.05, 3.63) is 33.1 Å². The molecule has 0 amide bonds. The van der Waals surface area contributed by atoms with Gasteiger partial charge in [0.25, 0.3) is 0 Å². The lowest BCUT2D eigenvalue weighted by Crippen LogP contribution is -2.29. The Morgan fingerprint density at radius 1 is 1.27 bits per heavy atom. The molecule has 0 unspecified atom stereocenters. The summed E-state index contributed by atoms with van der Waals surface area (Å²) in [5.74, 6) is -0.935. The lowest BCUT2D eigenvalue weighted by Gasteiger charge is -2.16. The third-order valence-electron chi connectivity index (χ3n) is 1.65. The van der Waals surface area contributed by atoms with Crippen LogP contribution in [0.5, 0.6) is 0 Å². The van der Waals surface area contributed by atoms with E-state index < -0.39 is 23.6 Å². The highest BCUT2D eigenvalue weighted by atomic mass is 127.